The van der Waals surface area contributed by atoms with Gasteiger partial charge in [-0.2, -0.15) is 11.8 Å². The molecule has 0 saturated carbocycles. The normalized spacial score (nSPS) is 12.1. The first-order chi connectivity index (χ1) is 15.5. The molecule has 8 heteroatoms. The lowest BCUT2D eigenvalue weighted by Gasteiger charge is -2.18. The third-order valence-electron chi connectivity index (χ3n) is 5.51. The molecule has 0 aliphatic carbocycles. The number of aromatic amines is 2. The van der Waals surface area contributed by atoms with E-state index in [-0.39, 0.29) is 11.5 Å². The van der Waals surface area contributed by atoms with Crippen LogP contribution in [0.4, 0.5) is 0 Å². The average molecular weight is 448 g/mol. The molecule has 32 heavy (non-hydrogen) atoms. The molecule has 164 valence electrons. The van der Waals surface area contributed by atoms with Crippen LogP contribution < -0.4 is 10.9 Å². The molecule has 0 saturated heterocycles. The Morgan fingerprint density at radius 3 is 2.75 bits per heavy atom. The van der Waals surface area contributed by atoms with Gasteiger partial charge in [0.2, 0.25) is 0 Å². The number of aryl methyl sites for hydroxylation is 2. The molecule has 1 aromatic carbocycles. The van der Waals surface area contributed by atoms with Crippen molar-refractivity contribution in [1.82, 2.24) is 25.3 Å². The van der Waals surface area contributed by atoms with E-state index < -0.39 is 6.04 Å². The second-order valence-corrected chi connectivity index (χ2v) is 8.66. The maximum absolute atomic E-state index is 13.1. The molecule has 7 nitrogen and oxygen atoms in total. The first-order valence-corrected chi connectivity index (χ1v) is 11.8. The molecule has 0 aliphatic rings. The monoisotopic (exact) mass is 447 g/mol. The first-order valence-electron chi connectivity index (χ1n) is 10.4. The van der Waals surface area contributed by atoms with Crippen molar-refractivity contribution in [3.8, 4) is 11.5 Å². The highest BCUT2D eigenvalue weighted by atomic mass is 32.2. The Morgan fingerprint density at radius 1 is 1.16 bits per heavy atom. The van der Waals surface area contributed by atoms with Gasteiger partial charge in [-0.3, -0.25) is 14.6 Å². The third-order valence-corrected chi connectivity index (χ3v) is 6.16. The number of carbonyl (C=O) groups excluding carboxylic acids is 1. The zero-order valence-corrected chi connectivity index (χ0v) is 19.0. The van der Waals surface area contributed by atoms with Crippen LogP contribution in [-0.2, 0) is 0 Å². The van der Waals surface area contributed by atoms with Crippen LogP contribution in [0.3, 0.4) is 0 Å². The molecular weight excluding hydrogens is 422 g/mol. The zero-order chi connectivity index (χ0) is 22.7. The minimum absolute atomic E-state index is 0.197. The summed E-state index contributed by atoms with van der Waals surface area (Å²) in [6.45, 7) is 4.06. The predicted octanol–water partition coefficient (Wildman–Crippen LogP) is 4.15. The number of hydrogen-bond acceptors (Lipinski definition) is 5. The van der Waals surface area contributed by atoms with Crippen LogP contribution in [-0.4, -0.2) is 37.9 Å². The van der Waals surface area contributed by atoms with E-state index in [0.29, 0.717) is 29.2 Å². The molecule has 3 aromatic heterocycles. The highest BCUT2D eigenvalue weighted by molar-refractivity contribution is 7.98. The number of carbonyl (C=O) groups is 1. The average Bonchev–Trinajstić information content (AvgIpc) is 3.09. The maximum Gasteiger partial charge on any atom is 0.251 e. The number of rotatable bonds is 7. The smallest absolute Gasteiger partial charge is 0.251 e. The molecule has 1 atom stereocenters. The van der Waals surface area contributed by atoms with Gasteiger partial charge >= 0.3 is 0 Å². The summed E-state index contributed by atoms with van der Waals surface area (Å²) in [6.07, 6.45) is 4.31. The van der Waals surface area contributed by atoms with Gasteiger partial charge in [0.05, 0.1) is 11.7 Å². The summed E-state index contributed by atoms with van der Waals surface area (Å²) in [5.74, 6) is 1.00. The number of fused-ring (bicyclic) bond motifs is 1. The molecule has 3 N–H and O–H groups in total. The van der Waals surface area contributed by atoms with E-state index in [2.05, 4.69) is 25.3 Å². The highest BCUT2D eigenvalue weighted by Crippen LogP contribution is 2.24. The summed E-state index contributed by atoms with van der Waals surface area (Å²) in [5, 5.41) is 4.11. The summed E-state index contributed by atoms with van der Waals surface area (Å²) >= 11 is 1.68. The van der Waals surface area contributed by atoms with Crippen LogP contribution in [0.2, 0.25) is 0 Å². The number of amides is 1. The largest absolute Gasteiger partial charge is 0.358 e. The Bertz CT molecular complexity index is 1310. The van der Waals surface area contributed by atoms with Gasteiger partial charge in [0.25, 0.3) is 11.5 Å². The number of hydrogen-bond donors (Lipinski definition) is 3. The molecule has 0 aliphatic heterocycles. The van der Waals surface area contributed by atoms with Crippen molar-refractivity contribution in [1.29, 1.82) is 0 Å². The molecule has 1 amide bonds. The molecule has 4 aromatic rings. The van der Waals surface area contributed by atoms with Gasteiger partial charge in [0.1, 0.15) is 5.69 Å². The van der Waals surface area contributed by atoms with E-state index >= 15 is 0 Å². The van der Waals surface area contributed by atoms with E-state index in [1.165, 1.54) is 6.07 Å². The Kier molecular flexibility index (Phi) is 6.41. The van der Waals surface area contributed by atoms with Crippen LogP contribution in [0, 0.1) is 13.8 Å². The van der Waals surface area contributed by atoms with E-state index in [1.807, 2.05) is 44.4 Å². The van der Waals surface area contributed by atoms with Crippen molar-refractivity contribution < 1.29 is 4.79 Å². The van der Waals surface area contributed by atoms with E-state index in [0.717, 1.165) is 27.9 Å². The predicted molar refractivity (Wildman–Crippen MR) is 129 cm³/mol. The standard InChI is InChI=1S/C24H25N5O2S/c1-14-15(2)26-18-8-7-16(12-17(14)18)24(31)28-19(9-11-32-3)21-13-22(30)29-23(27-21)20-6-4-5-10-25-20/h4-8,10,12-13,19,26H,9,11H2,1-3H3,(H,28,31)(H,27,29,30)/t19-/m1/s1. The first kappa shape index (κ1) is 21.8. The molecule has 4 rings (SSSR count). The zero-order valence-electron chi connectivity index (χ0n) is 18.2. The second-order valence-electron chi connectivity index (χ2n) is 7.68. The minimum atomic E-state index is -0.399. The number of thioether (sulfide) groups is 1. The molecule has 3 heterocycles. The third kappa shape index (κ3) is 4.60. The summed E-state index contributed by atoms with van der Waals surface area (Å²) in [4.78, 5) is 40.5. The maximum atomic E-state index is 13.1. The van der Waals surface area contributed by atoms with Crippen molar-refractivity contribution in [2.75, 3.05) is 12.0 Å². The topological polar surface area (TPSA) is 104 Å². The second kappa shape index (κ2) is 9.40. The fourth-order valence-electron chi connectivity index (χ4n) is 3.65. The lowest BCUT2D eigenvalue weighted by Crippen LogP contribution is -2.30. The summed E-state index contributed by atoms with van der Waals surface area (Å²) in [6, 6.07) is 12.1. The van der Waals surface area contributed by atoms with Crippen LogP contribution in [0.5, 0.6) is 0 Å². The van der Waals surface area contributed by atoms with Crippen LogP contribution in [0.1, 0.15) is 39.8 Å². The fraction of sp³-hybridized carbons (Fsp3) is 0.250. The van der Waals surface area contributed by atoms with Gasteiger partial charge in [-0.1, -0.05) is 6.07 Å². The van der Waals surface area contributed by atoms with Crippen LogP contribution >= 0.6 is 11.8 Å². The van der Waals surface area contributed by atoms with Gasteiger partial charge in [0, 0.05) is 34.4 Å². The van der Waals surface area contributed by atoms with Gasteiger partial charge in [-0.15, -0.1) is 0 Å². The summed E-state index contributed by atoms with van der Waals surface area (Å²) in [7, 11) is 0. The minimum Gasteiger partial charge on any atom is -0.358 e. The quantitative estimate of drug-likeness (QED) is 0.395. The SMILES string of the molecule is CSCC[C@@H](NC(=O)c1ccc2[nH]c(C)c(C)c2c1)c1cc(=O)[nH]c(-c2ccccn2)n1. The van der Waals surface area contributed by atoms with E-state index in [1.54, 1.807) is 30.1 Å². The number of nitrogens with one attached hydrogen (secondary N) is 3. The van der Waals surface area contributed by atoms with E-state index in [4.69, 9.17) is 0 Å². The molecule has 0 fully saturated rings. The Labute approximate surface area is 190 Å². The fourth-order valence-corrected chi connectivity index (χ4v) is 4.12. The Morgan fingerprint density at radius 2 is 2.00 bits per heavy atom. The van der Waals surface area contributed by atoms with Crippen molar-refractivity contribution in [3.63, 3.8) is 0 Å². The van der Waals surface area contributed by atoms with Crippen LogP contribution in [0.15, 0.2) is 53.5 Å². The van der Waals surface area contributed by atoms with Gasteiger partial charge in [-0.25, -0.2) is 4.98 Å². The van der Waals surface area contributed by atoms with Crippen molar-refractivity contribution >= 4 is 28.6 Å². The van der Waals surface area contributed by atoms with Crippen molar-refractivity contribution in [2.45, 2.75) is 26.3 Å². The number of nitrogens with zero attached hydrogens (tertiary/aromatic N) is 2. The number of H-pyrrole nitrogens is 2. The lowest BCUT2D eigenvalue weighted by molar-refractivity contribution is 0.0935. The number of benzene rings is 1. The molecule has 0 bridgehead atoms. The number of pyridine rings is 1. The highest BCUT2D eigenvalue weighted by Gasteiger charge is 2.19. The molecule has 0 spiro atoms. The Balaban J connectivity index is 1.66. The van der Waals surface area contributed by atoms with Crippen molar-refractivity contribution in [2.24, 2.45) is 0 Å². The van der Waals surface area contributed by atoms with E-state index in [9.17, 15) is 9.59 Å². The van der Waals surface area contributed by atoms with Crippen LogP contribution in [0.25, 0.3) is 22.4 Å². The van der Waals surface area contributed by atoms with Gasteiger partial charge in [0.15, 0.2) is 5.82 Å². The van der Waals surface area contributed by atoms with Gasteiger partial charge < -0.3 is 15.3 Å². The molecule has 0 radical (unpaired) electrons. The summed E-state index contributed by atoms with van der Waals surface area (Å²) < 4.78 is 0. The Hall–Kier alpha value is -3.39. The number of aromatic nitrogens is 4. The summed E-state index contributed by atoms with van der Waals surface area (Å²) in [5.41, 5.74) is 4.61. The molecule has 0 unspecified atom stereocenters. The lowest BCUT2D eigenvalue weighted by atomic mass is 10.1. The van der Waals surface area contributed by atoms with Gasteiger partial charge in [-0.05, 0) is 68.2 Å². The molecular formula is C24H25N5O2S. The van der Waals surface area contributed by atoms with Crippen molar-refractivity contribution in [3.05, 3.63) is 81.5 Å².